The first-order chi connectivity index (χ1) is 37.4. The molecule has 20 nitrogen and oxygen atoms in total. The lowest BCUT2D eigenvalue weighted by Gasteiger charge is -2.40. The maximum absolute atomic E-state index is 15.2. The number of nitrogens with two attached hydrogens (primary N) is 2. The zero-order valence-electron chi connectivity index (χ0n) is 45.3. The Morgan fingerprint density at radius 3 is 2.14 bits per heavy atom. The van der Waals surface area contributed by atoms with E-state index in [1.807, 2.05) is 51.1 Å². The van der Waals surface area contributed by atoms with Gasteiger partial charge in [-0.1, -0.05) is 77.1 Å². The molecule has 8 amide bonds. The number of hydrogen-bond acceptors (Lipinski definition) is 12. The fourth-order valence-corrected chi connectivity index (χ4v) is 9.17. The van der Waals surface area contributed by atoms with E-state index in [1.165, 1.54) is 17.1 Å². The van der Waals surface area contributed by atoms with Crippen LogP contribution in [-0.4, -0.2) is 122 Å². The number of hydrogen-bond donors (Lipinski definition) is 7. The van der Waals surface area contributed by atoms with Gasteiger partial charge in [0.2, 0.25) is 23.6 Å². The van der Waals surface area contributed by atoms with E-state index < -0.39 is 101 Å². The third kappa shape index (κ3) is 18.6. The summed E-state index contributed by atoms with van der Waals surface area (Å²) in [7, 11) is 0. The Kier molecular flexibility index (Phi) is 22.8. The molecule has 3 aromatic carbocycles. The third-order valence-corrected chi connectivity index (χ3v) is 13.2. The quantitative estimate of drug-likeness (QED) is 0.0278. The van der Waals surface area contributed by atoms with E-state index in [9.17, 15) is 52.6 Å². The molecular weight excluding hydrogens is 1020 g/mol. The fourth-order valence-electron chi connectivity index (χ4n) is 9.17. The number of imide groups is 1. The van der Waals surface area contributed by atoms with E-state index in [0.29, 0.717) is 29.9 Å². The highest BCUT2D eigenvalue weighted by molar-refractivity contribution is 6.12. The van der Waals surface area contributed by atoms with Gasteiger partial charge in [0.25, 0.3) is 11.8 Å². The molecule has 5 rings (SSSR count). The van der Waals surface area contributed by atoms with E-state index in [1.54, 1.807) is 48.9 Å². The Morgan fingerprint density at radius 2 is 1.51 bits per heavy atom. The summed E-state index contributed by atoms with van der Waals surface area (Å²) in [5.74, 6) is -6.15. The Morgan fingerprint density at radius 1 is 0.823 bits per heavy atom. The SMILES string of the molecule is CC(C)[C@H](NC(=O)CCNC(=O)[C@@H](N)CCN(C(=O)CO)[C@@H](c1nc(-c2cc(F)ccc2F)cn1Cc1ccccc1)C(C)(C)C)C(=O)C[C@@H](CCCNC(N)=O)C(=O)Nc1ccc(CC(=O)CCCN2C(=O)C=CC2=O)cc1. The number of ketones is 2. The molecule has 0 saturated heterocycles. The molecule has 0 unspecified atom stereocenters. The van der Waals surface area contributed by atoms with Crippen LogP contribution in [0.4, 0.5) is 19.3 Å². The molecule has 2 heterocycles. The maximum Gasteiger partial charge on any atom is 0.312 e. The Hall–Kier alpha value is -7.98. The van der Waals surface area contributed by atoms with Crippen molar-refractivity contribution in [2.24, 2.45) is 28.7 Å². The smallest absolute Gasteiger partial charge is 0.312 e. The topological polar surface area (TPSA) is 298 Å². The number of Topliss-reactive ketones (excluding diaryl/α,β-unsaturated/α-hetero) is 2. The van der Waals surface area contributed by atoms with Crippen molar-refractivity contribution >= 4 is 58.7 Å². The largest absolute Gasteiger partial charge is 0.387 e. The minimum absolute atomic E-state index is 0.0904. The zero-order chi connectivity index (χ0) is 58.0. The van der Waals surface area contributed by atoms with Crippen LogP contribution in [-0.2, 0) is 51.3 Å². The van der Waals surface area contributed by atoms with Gasteiger partial charge in [0, 0.05) is 93.9 Å². The lowest BCUT2D eigenvalue weighted by atomic mass is 9.84. The maximum atomic E-state index is 15.2. The Balaban J connectivity index is 1.17. The average Bonchev–Trinajstić information content (AvgIpc) is 4.20. The number of carbonyl (C=O) groups is 9. The number of imidazole rings is 1. The number of aliphatic hydroxyl groups excluding tert-OH is 1. The van der Waals surface area contributed by atoms with E-state index >= 15 is 4.39 Å². The monoisotopic (exact) mass is 1090 g/mol. The number of aromatic nitrogens is 2. The summed E-state index contributed by atoms with van der Waals surface area (Å²) >= 11 is 0. The van der Waals surface area contributed by atoms with Crippen molar-refractivity contribution in [1.82, 2.24) is 35.3 Å². The van der Waals surface area contributed by atoms with E-state index in [4.69, 9.17) is 16.5 Å². The summed E-state index contributed by atoms with van der Waals surface area (Å²) in [6.45, 7) is 8.31. The van der Waals surface area contributed by atoms with Gasteiger partial charge in [-0.2, -0.15) is 0 Å². The highest BCUT2D eigenvalue weighted by Crippen LogP contribution is 2.40. The first-order valence-electron chi connectivity index (χ1n) is 26.3. The predicted molar refractivity (Wildman–Crippen MR) is 290 cm³/mol. The van der Waals surface area contributed by atoms with Gasteiger partial charge < -0.3 is 47.3 Å². The fraction of sp³-hybridized carbons (Fsp3) is 0.439. The minimum Gasteiger partial charge on any atom is -0.387 e. The molecule has 0 aliphatic carbocycles. The average molecular weight is 1100 g/mol. The van der Waals surface area contributed by atoms with Crippen molar-refractivity contribution in [3.63, 3.8) is 0 Å². The van der Waals surface area contributed by atoms with Gasteiger partial charge in [0.1, 0.15) is 29.8 Å². The van der Waals surface area contributed by atoms with Gasteiger partial charge in [0.15, 0.2) is 5.78 Å². The van der Waals surface area contributed by atoms with Crippen molar-refractivity contribution in [3.05, 3.63) is 120 Å². The lowest BCUT2D eigenvalue weighted by Crippen LogP contribution is -2.48. The van der Waals surface area contributed by atoms with Crippen molar-refractivity contribution < 1.29 is 57.0 Å². The molecule has 4 atom stereocenters. The van der Waals surface area contributed by atoms with Crippen molar-refractivity contribution in [2.75, 3.05) is 38.1 Å². The molecule has 9 N–H and O–H groups in total. The summed E-state index contributed by atoms with van der Waals surface area (Å²) in [5, 5.41) is 20.9. The van der Waals surface area contributed by atoms with Crippen LogP contribution in [0, 0.1) is 28.9 Å². The molecule has 79 heavy (non-hydrogen) atoms. The number of aliphatic hydroxyl groups is 1. The second kappa shape index (κ2) is 29.1. The first-order valence-corrected chi connectivity index (χ1v) is 26.3. The highest BCUT2D eigenvalue weighted by Gasteiger charge is 2.39. The molecule has 0 radical (unpaired) electrons. The molecular formula is C57H72F2N10O10. The van der Waals surface area contributed by atoms with Gasteiger partial charge in [0.05, 0.1) is 23.8 Å². The van der Waals surface area contributed by atoms with Crippen molar-refractivity contribution in [2.45, 2.75) is 111 Å². The lowest BCUT2D eigenvalue weighted by molar-refractivity contribution is -0.140. The van der Waals surface area contributed by atoms with E-state index in [2.05, 4.69) is 21.3 Å². The number of halogens is 2. The minimum atomic E-state index is -1.20. The van der Waals surface area contributed by atoms with Gasteiger partial charge in [-0.25, -0.2) is 18.6 Å². The number of benzene rings is 3. The number of primary amides is 1. The molecule has 0 bridgehead atoms. The number of anilines is 1. The van der Waals surface area contributed by atoms with Gasteiger partial charge in [-0.3, -0.25) is 43.3 Å². The molecule has 0 fully saturated rings. The molecule has 22 heteroatoms. The van der Waals surface area contributed by atoms with E-state index in [-0.39, 0.29) is 88.3 Å². The second-order valence-corrected chi connectivity index (χ2v) is 20.9. The van der Waals surface area contributed by atoms with Crippen LogP contribution in [0.1, 0.15) is 103 Å². The van der Waals surface area contributed by atoms with Gasteiger partial charge in [-0.15, -0.1) is 0 Å². The highest BCUT2D eigenvalue weighted by atomic mass is 19.1. The number of rotatable bonds is 30. The normalized spacial score (nSPS) is 13.9. The van der Waals surface area contributed by atoms with Crippen molar-refractivity contribution in [1.29, 1.82) is 0 Å². The molecule has 1 aromatic heterocycles. The summed E-state index contributed by atoms with van der Waals surface area (Å²) in [6, 6.07) is 15.1. The number of carbonyl (C=O) groups excluding carboxylic acids is 9. The third-order valence-electron chi connectivity index (χ3n) is 13.2. The number of urea groups is 1. The summed E-state index contributed by atoms with van der Waals surface area (Å²) in [4.78, 5) is 123. The number of nitrogens with zero attached hydrogens (tertiary/aromatic N) is 4. The Bertz CT molecular complexity index is 2830. The van der Waals surface area contributed by atoms with Crippen LogP contribution in [0.3, 0.4) is 0 Å². The molecule has 0 spiro atoms. The van der Waals surface area contributed by atoms with Gasteiger partial charge >= 0.3 is 6.03 Å². The van der Waals surface area contributed by atoms with Crippen molar-refractivity contribution in [3.8, 4) is 11.3 Å². The van der Waals surface area contributed by atoms with Crippen LogP contribution >= 0.6 is 0 Å². The predicted octanol–water partition coefficient (Wildman–Crippen LogP) is 4.63. The first kappa shape index (κ1) is 61.9. The zero-order valence-corrected chi connectivity index (χ0v) is 45.3. The second-order valence-electron chi connectivity index (χ2n) is 20.9. The number of amides is 8. The van der Waals surface area contributed by atoms with Crippen LogP contribution in [0.5, 0.6) is 0 Å². The van der Waals surface area contributed by atoms with Crippen LogP contribution in [0.25, 0.3) is 11.3 Å². The Labute approximate surface area is 458 Å². The molecule has 4 aromatic rings. The molecule has 424 valence electrons. The van der Waals surface area contributed by atoms with Crippen LogP contribution in [0.2, 0.25) is 0 Å². The number of nitrogens with one attached hydrogen (secondary N) is 4. The van der Waals surface area contributed by atoms with Crippen LogP contribution in [0.15, 0.2) is 91.1 Å². The van der Waals surface area contributed by atoms with E-state index in [0.717, 1.165) is 28.7 Å². The summed E-state index contributed by atoms with van der Waals surface area (Å²) in [5.41, 5.74) is 12.8. The molecule has 1 aliphatic heterocycles. The molecule has 1 aliphatic rings. The summed E-state index contributed by atoms with van der Waals surface area (Å²) in [6.07, 6.45) is 4.34. The molecule has 0 saturated carbocycles. The van der Waals surface area contributed by atoms with Gasteiger partial charge in [-0.05, 0) is 78.5 Å². The van der Waals surface area contributed by atoms with Crippen LogP contribution < -0.4 is 32.7 Å². The summed E-state index contributed by atoms with van der Waals surface area (Å²) < 4.78 is 31.3. The standard InChI is InChI=1S/C57H72F2N10O10/c1-35(2)51(46(72)30-38(13-9-25-63-56(61)79)54(77)64-40-18-15-36(16-19-40)29-41(71)14-10-27-68-48(74)21-22-49(68)75)66-47(73)23-26-62-55(78)44(60)24-28-69(50(76)34-70)52(57(3,4)5)53-65-45(42-31-39(58)17-20-43(42)59)33-67(53)32-37-11-7-6-8-12-37/h6-8,11-12,15-22,31,33,35,38,44,51-52,70H,9-10,13-14,23-30,32,34,60H2,1-5H3,(H,62,78)(H,64,77)(H,66,73)(H3,61,63,79)/t38-,44+,51+,52+/m1/s1.